The van der Waals surface area contributed by atoms with Crippen LogP contribution < -0.4 is 4.72 Å². The van der Waals surface area contributed by atoms with Gasteiger partial charge in [0.05, 0.1) is 4.90 Å². The summed E-state index contributed by atoms with van der Waals surface area (Å²) in [6.45, 7) is 0.545. The van der Waals surface area contributed by atoms with E-state index in [1.165, 1.54) is 19.3 Å². The highest BCUT2D eigenvalue weighted by Gasteiger charge is 2.18. The molecule has 0 saturated heterocycles. The number of sulfonamides is 1. The summed E-state index contributed by atoms with van der Waals surface area (Å²) < 4.78 is 27.3. The zero-order valence-corrected chi connectivity index (χ0v) is 11.9. The Labute approximate surface area is 111 Å². The fraction of sp³-hybridized carbons (Fsp3) is 0.500. The fourth-order valence-electron chi connectivity index (χ4n) is 1.88. The van der Waals surface area contributed by atoms with Gasteiger partial charge in [0.2, 0.25) is 10.0 Å². The molecule has 2 rings (SSSR count). The van der Waals surface area contributed by atoms with Crippen LogP contribution in [-0.2, 0) is 10.0 Å². The van der Waals surface area contributed by atoms with Gasteiger partial charge in [0.15, 0.2) is 0 Å². The van der Waals surface area contributed by atoms with E-state index in [0.717, 1.165) is 16.8 Å². The van der Waals surface area contributed by atoms with Crippen LogP contribution in [0.1, 0.15) is 25.7 Å². The Morgan fingerprint density at radius 3 is 2.41 bits per heavy atom. The van der Waals surface area contributed by atoms with E-state index < -0.39 is 10.0 Å². The van der Waals surface area contributed by atoms with Gasteiger partial charge in [0, 0.05) is 11.0 Å². The van der Waals surface area contributed by atoms with Crippen LogP contribution in [0.5, 0.6) is 0 Å². The molecule has 0 radical (unpaired) electrons. The maximum Gasteiger partial charge on any atom is 0.240 e. The van der Waals surface area contributed by atoms with Gasteiger partial charge in [-0.2, -0.15) is 0 Å². The first-order valence-electron chi connectivity index (χ1n) is 5.83. The molecule has 0 unspecified atom stereocenters. The van der Waals surface area contributed by atoms with Crippen LogP contribution >= 0.6 is 15.9 Å². The van der Waals surface area contributed by atoms with Gasteiger partial charge in [-0.1, -0.05) is 35.2 Å². The quantitative estimate of drug-likeness (QED) is 0.907. The summed E-state index contributed by atoms with van der Waals surface area (Å²) in [5.74, 6) is 0.725. The molecule has 0 spiro atoms. The lowest BCUT2D eigenvalue weighted by molar-refractivity contribution is 0.297. The summed E-state index contributed by atoms with van der Waals surface area (Å²) in [4.78, 5) is 0.328. The molecular formula is C12H16BrNO2S. The molecule has 1 aliphatic rings. The van der Waals surface area contributed by atoms with E-state index in [4.69, 9.17) is 0 Å². The Kier molecular flexibility index (Phi) is 4.22. The highest BCUT2D eigenvalue weighted by Crippen LogP contribution is 2.28. The van der Waals surface area contributed by atoms with Gasteiger partial charge < -0.3 is 0 Å². The van der Waals surface area contributed by atoms with Crippen LogP contribution in [0.15, 0.2) is 33.6 Å². The molecule has 0 atom stereocenters. The van der Waals surface area contributed by atoms with Crippen molar-refractivity contribution >= 4 is 26.0 Å². The number of nitrogens with one attached hydrogen (secondary N) is 1. The van der Waals surface area contributed by atoms with Gasteiger partial charge in [-0.05, 0) is 36.6 Å². The lowest BCUT2D eigenvalue weighted by Crippen LogP contribution is -2.27. The molecule has 94 valence electrons. The Morgan fingerprint density at radius 1 is 1.24 bits per heavy atom. The van der Waals surface area contributed by atoms with Gasteiger partial charge in [-0.25, -0.2) is 13.1 Å². The third-order valence-corrected chi connectivity index (χ3v) is 5.20. The van der Waals surface area contributed by atoms with Crippen molar-refractivity contribution in [3.63, 3.8) is 0 Å². The third kappa shape index (κ3) is 3.53. The van der Waals surface area contributed by atoms with Crippen molar-refractivity contribution in [1.82, 2.24) is 4.72 Å². The number of benzene rings is 1. The lowest BCUT2D eigenvalue weighted by Gasteiger charge is -2.25. The van der Waals surface area contributed by atoms with Gasteiger partial charge in [0.1, 0.15) is 0 Å². The maximum atomic E-state index is 11.9. The number of hydrogen-bond donors (Lipinski definition) is 1. The van der Waals surface area contributed by atoms with E-state index >= 15 is 0 Å². The normalized spacial score (nSPS) is 16.8. The lowest BCUT2D eigenvalue weighted by atomic mass is 9.83. The highest BCUT2D eigenvalue weighted by atomic mass is 79.9. The SMILES string of the molecule is O=S(=O)(NCCC1CCC1)c1ccc(Br)cc1. The molecule has 1 saturated carbocycles. The number of hydrogen-bond acceptors (Lipinski definition) is 2. The predicted octanol–water partition coefficient (Wildman–Crippen LogP) is 2.92. The second kappa shape index (κ2) is 5.50. The molecule has 17 heavy (non-hydrogen) atoms. The third-order valence-electron chi connectivity index (χ3n) is 3.19. The van der Waals surface area contributed by atoms with Crippen molar-refractivity contribution in [2.75, 3.05) is 6.54 Å². The van der Waals surface area contributed by atoms with E-state index in [-0.39, 0.29) is 0 Å². The van der Waals surface area contributed by atoms with Crippen molar-refractivity contribution in [3.05, 3.63) is 28.7 Å². The minimum absolute atomic E-state index is 0.328. The summed E-state index contributed by atoms with van der Waals surface area (Å²) >= 11 is 3.29. The average Bonchev–Trinajstić information content (AvgIpc) is 2.22. The molecule has 1 N–H and O–H groups in total. The van der Waals surface area contributed by atoms with Crippen LogP contribution in [0.2, 0.25) is 0 Å². The van der Waals surface area contributed by atoms with Crippen LogP contribution in [0.25, 0.3) is 0 Å². The topological polar surface area (TPSA) is 46.2 Å². The molecule has 5 heteroatoms. The summed E-state index contributed by atoms with van der Waals surface area (Å²) in [7, 11) is -3.33. The first-order valence-corrected chi connectivity index (χ1v) is 8.11. The molecule has 0 aliphatic heterocycles. The summed E-state index contributed by atoms with van der Waals surface area (Å²) in [5, 5.41) is 0. The smallest absolute Gasteiger partial charge is 0.211 e. The molecule has 0 aromatic heterocycles. The van der Waals surface area contributed by atoms with Crippen molar-refractivity contribution in [2.24, 2.45) is 5.92 Å². The molecule has 0 amide bonds. The van der Waals surface area contributed by atoms with Gasteiger partial charge in [0.25, 0.3) is 0 Å². The molecule has 1 aromatic carbocycles. The maximum absolute atomic E-state index is 11.9. The molecule has 3 nitrogen and oxygen atoms in total. The van der Waals surface area contributed by atoms with Crippen LogP contribution in [0, 0.1) is 5.92 Å². The second-order valence-electron chi connectivity index (χ2n) is 4.44. The first-order chi connectivity index (χ1) is 8.08. The van der Waals surface area contributed by atoms with Crippen LogP contribution in [-0.4, -0.2) is 15.0 Å². The van der Waals surface area contributed by atoms with Crippen molar-refractivity contribution < 1.29 is 8.42 Å². The Balaban J connectivity index is 1.91. The summed E-state index contributed by atoms with van der Waals surface area (Å²) in [6, 6.07) is 6.69. The molecule has 0 bridgehead atoms. The van der Waals surface area contributed by atoms with Gasteiger partial charge in [-0.15, -0.1) is 0 Å². The van der Waals surface area contributed by atoms with E-state index in [0.29, 0.717) is 11.4 Å². The highest BCUT2D eigenvalue weighted by molar-refractivity contribution is 9.10. The first kappa shape index (κ1) is 13.1. The number of halogens is 1. The van der Waals surface area contributed by atoms with Crippen LogP contribution in [0.3, 0.4) is 0 Å². The minimum Gasteiger partial charge on any atom is -0.211 e. The van der Waals surface area contributed by atoms with Gasteiger partial charge in [-0.3, -0.25) is 0 Å². The zero-order chi connectivity index (χ0) is 12.3. The Hall–Kier alpha value is -0.390. The predicted molar refractivity (Wildman–Crippen MR) is 71.3 cm³/mol. The molecule has 1 fully saturated rings. The van der Waals surface area contributed by atoms with Crippen molar-refractivity contribution in [3.8, 4) is 0 Å². The van der Waals surface area contributed by atoms with E-state index in [1.807, 2.05) is 0 Å². The zero-order valence-electron chi connectivity index (χ0n) is 9.52. The molecule has 0 heterocycles. The van der Waals surface area contributed by atoms with Gasteiger partial charge >= 0.3 is 0 Å². The van der Waals surface area contributed by atoms with E-state index in [9.17, 15) is 8.42 Å². The van der Waals surface area contributed by atoms with Crippen molar-refractivity contribution in [2.45, 2.75) is 30.6 Å². The second-order valence-corrected chi connectivity index (χ2v) is 7.12. The van der Waals surface area contributed by atoms with Crippen molar-refractivity contribution in [1.29, 1.82) is 0 Å². The molecule has 1 aliphatic carbocycles. The fourth-order valence-corrected chi connectivity index (χ4v) is 3.19. The monoisotopic (exact) mass is 317 g/mol. The minimum atomic E-state index is -3.33. The largest absolute Gasteiger partial charge is 0.240 e. The standard InChI is InChI=1S/C12H16BrNO2S/c13-11-4-6-12(7-5-11)17(15,16)14-9-8-10-2-1-3-10/h4-7,10,14H,1-3,8-9H2. The molecular weight excluding hydrogens is 302 g/mol. The average molecular weight is 318 g/mol. The Morgan fingerprint density at radius 2 is 1.88 bits per heavy atom. The molecule has 1 aromatic rings. The summed E-state index contributed by atoms with van der Waals surface area (Å²) in [6.07, 6.45) is 4.75. The van der Waals surface area contributed by atoms with Crippen LogP contribution in [0.4, 0.5) is 0 Å². The van der Waals surface area contributed by atoms with E-state index in [2.05, 4.69) is 20.7 Å². The summed E-state index contributed by atoms with van der Waals surface area (Å²) in [5.41, 5.74) is 0. The number of rotatable bonds is 5. The Bertz CT molecular complexity index is 466. The van der Waals surface area contributed by atoms with E-state index in [1.54, 1.807) is 24.3 Å².